The van der Waals surface area contributed by atoms with Crippen LogP contribution in [-0.2, 0) is 12.2 Å². The van der Waals surface area contributed by atoms with E-state index in [9.17, 15) is 14.7 Å². The highest BCUT2D eigenvalue weighted by Gasteiger charge is 2.25. The van der Waals surface area contributed by atoms with E-state index in [2.05, 4.69) is 9.97 Å². The zero-order chi connectivity index (χ0) is 26.2. The van der Waals surface area contributed by atoms with Crippen LogP contribution in [0.3, 0.4) is 0 Å². The molecule has 0 fully saturated rings. The van der Waals surface area contributed by atoms with Crippen molar-refractivity contribution in [1.29, 1.82) is 0 Å². The Balaban J connectivity index is 1.74. The predicted octanol–water partition coefficient (Wildman–Crippen LogP) is 4.51. The second-order valence-corrected chi connectivity index (χ2v) is 9.64. The first kappa shape index (κ1) is 25.6. The molecule has 4 heterocycles. The largest absolute Gasteiger partial charge is 0.487 e. The Labute approximate surface area is 217 Å². The molecule has 4 rings (SSSR count). The molecule has 0 spiro atoms. The number of halogens is 2. The molecule has 186 valence electrons. The minimum atomic E-state index is -1.45. The summed E-state index contributed by atoms with van der Waals surface area (Å²) >= 11 is 12.3. The molecule has 0 aliphatic heterocycles. The van der Waals surface area contributed by atoms with Crippen LogP contribution in [0.5, 0.6) is 5.75 Å². The van der Waals surface area contributed by atoms with E-state index in [1.165, 1.54) is 41.3 Å². The highest BCUT2D eigenvalue weighted by Crippen LogP contribution is 2.25. The van der Waals surface area contributed by atoms with Crippen LogP contribution < -0.4 is 15.9 Å². The van der Waals surface area contributed by atoms with Crippen molar-refractivity contribution < 1.29 is 9.84 Å². The Morgan fingerprint density at radius 1 is 1.06 bits per heavy atom. The molecule has 0 aliphatic carbocycles. The normalized spacial score (nSPS) is 11.5. The Morgan fingerprint density at radius 2 is 1.81 bits per heavy atom. The van der Waals surface area contributed by atoms with Gasteiger partial charge in [0.15, 0.2) is 0 Å². The van der Waals surface area contributed by atoms with E-state index in [0.717, 1.165) is 5.56 Å². The van der Waals surface area contributed by atoms with Crippen molar-refractivity contribution in [1.82, 2.24) is 19.1 Å². The summed E-state index contributed by atoms with van der Waals surface area (Å²) in [5.74, 6) is 0.658. The summed E-state index contributed by atoms with van der Waals surface area (Å²) in [6.07, 6.45) is 4.68. The molecule has 10 heteroatoms. The molecule has 4 aromatic rings. The quantitative estimate of drug-likeness (QED) is 0.396. The van der Waals surface area contributed by atoms with Gasteiger partial charge in [0.1, 0.15) is 18.2 Å². The van der Waals surface area contributed by atoms with Crippen molar-refractivity contribution in [2.24, 2.45) is 0 Å². The minimum absolute atomic E-state index is 0.0541. The fraction of sp³-hybridized carbons (Fsp3) is 0.231. The van der Waals surface area contributed by atoms with Gasteiger partial charge in [-0.1, -0.05) is 23.2 Å². The standard InChI is InChI=1S/C26H24Cl2N4O4/c1-15-13-30-22(31-9-7-19(28)24(25(31)34)26(3,4)35)12-21(15)32-16(2)10-17(11-23(32)33)36-14-20-18(27)6-5-8-29-20/h5-13,35H,14H2,1-4H3. The summed E-state index contributed by atoms with van der Waals surface area (Å²) in [6.45, 7) is 6.69. The summed E-state index contributed by atoms with van der Waals surface area (Å²) in [4.78, 5) is 34.8. The lowest BCUT2D eigenvalue weighted by molar-refractivity contribution is 0.0769. The van der Waals surface area contributed by atoms with Crippen LogP contribution >= 0.6 is 23.2 Å². The van der Waals surface area contributed by atoms with E-state index in [1.807, 2.05) is 6.92 Å². The van der Waals surface area contributed by atoms with E-state index < -0.39 is 11.2 Å². The van der Waals surface area contributed by atoms with Crippen molar-refractivity contribution in [3.05, 3.63) is 108 Å². The topological polar surface area (TPSA) is 99.2 Å². The second-order valence-electron chi connectivity index (χ2n) is 8.83. The number of aryl methyl sites for hydroxylation is 2. The number of hydrogen-bond acceptors (Lipinski definition) is 6. The first-order valence-electron chi connectivity index (χ1n) is 11.0. The van der Waals surface area contributed by atoms with Crippen molar-refractivity contribution in [2.45, 2.75) is 39.9 Å². The smallest absolute Gasteiger partial charge is 0.263 e. The van der Waals surface area contributed by atoms with E-state index in [0.29, 0.717) is 27.8 Å². The molecule has 36 heavy (non-hydrogen) atoms. The molecular formula is C26H24Cl2N4O4. The van der Waals surface area contributed by atoms with Crippen LogP contribution in [0.25, 0.3) is 11.5 Å². The van der Waals surface area contributed by atoms with Crippen molar-refractivity contribution in [3.63, 3.8) is 0 Å². The Bertz CT molecular complexity index is 1570. The molecule has 0 unspecified atom stereocenters. The van der Waals surface area contributed by atoms with E-state index >= 15 is 0 Å². The van der Waals surface area contributed by atoms with Crippen LogP contribution in [0, 0.1) is 13.8 Å². The molecule has 0 bridgehead atoms. The monoisotopic (exact) mass is 526 g/mol. The Kier molecular flexibility index (Phi) is 7.04. The molecule has 0 radical (unpaired) electrons. The molecule has 0 saturated heterocycles. The lowest BCUT2D eigenvalue weighted by atomic mass is 10.00. The minimum Gasteiger partial charge on any atom is -0.487 e. The molecule has 1 N–H and O–H groups in total. The molecule has 0 saturated carbocycles. The van der Waals surface area contributed by atoms with Crippen molar-refractivity contribution in [2.75, 3.05) is 0 Å². The molecule has 4 aromatic heterocycles. The number of ether oxygens (including phenoxy) is 1. The van der Waals surface area contributed by atoms with E-state index in [4.69, 9.17) is 27.9 Å². The Hall–Kier alpha value is -3.46. The molecule has 8 nitrogen and oxygen atoms in total. The first-order valence-corrected chi connectivity index (χ1v) is 11.8. The summed E-state index contributed by atoms with van der Waals surface area (Å²) in [7, 11) is 0. The van der Waals surface area contributed by atoms with Gasteiger partial charge < -0.3 is 9.84 Å². The summed E-state index contributed by atoms with van der Waals surface area (Å²) in [6, 6.07) is 9.72. The lowest BCUT2D eigenvalue weighted by Gasteiger charge is -2.20. The zero-order valence-corrected chi connectivity index (χ0v) is 21.6. The van der Waals surface area contributed by atoms with Crippen LogP contribution in [0.4, 0.5) is 0 Å². The highest BCUT2D eigenvalue weighted by atomic mass is 35.5. The maximum Gasteiger partial charge on any atom is 0.263 e. The van der Waals surface area contributed by atoms with Gasteiger partial charge in [-0.15, -0.1) is 0 Å². The van der Waals surface area contributed by atoms with Crippen molar-refractivity contribution >= 4 is 23.2 Å². The third kappa shape index (κ3) is 5.06. The molecule has 0 atom stereocenters. The zero-order valence-electron chi connectivity index (χ0n) is 20.1. The van der Waals surface area contributed by atoms with Crippen molar-refractivity contribution in [3.8, 4) is 17.3 Å². The first-order chi connectivity index (χ1) is 17.0. The predicted molar refractivity (Wildman–Crippen MR) is 139 cm³/mol. The van der Waals surface area contributed by atoms with Gasteiger partial charge in [0.05, 0.1) is 32.6 Å². The third-order valence-corrected chi connectivity index (χ3v) is 6.26. The maximum atomic E-state index is 13.1. The molecule has 0 aromatic carbocycles. The van der Waals surface area contributed by atoms with Gasteiger partial charge in [0.2, 0.25) is 0 Å². The van der Waals surface area contributed by atoms with Gasteiger partial charge >= 0.3 is 0 Å². The van der Waals surface area contributed by atoms with Crippen LogP contribution in [0.1, 0.15) is 36.4 Å². The van der Waals surface area contributed by atoms with Gasteiger partial charge in [0.25, 0.3) is 11.1 Å². The average Bonchev–Trinajstić information content (AvgIpc) is 2.79. The third-order valence-electron chi connectivity index (χ3n) is 5.60. The van der Waals surface area contributed by atoms with Crippen LogP contribution in [-0.4, -0.2) is 24.2 Å². The fourth-order valence-corrected chi connectivity index (χ4v) is 4.41. The van der Waals surface area contributed by atoms with Gasteiger partial charge in [-0.25, -0.2) is 4.98 Å². The number of aliphatic hydroxyl groups is 1. The van der Waals surface area contributed by atoms with Crippen LogP contribution in [0.2, 0.25) is 10.0 Å². The average molecular weight is 527 g/mol. The molecular weight excluding hydrogens is 503 g/mol. The maximum absolute atomic E-state index is 13.1. The van der Waals surface area contributed by atoms with Gasteiger partial charge in [-0.3, -0.25) is 23.7 Å². The number of aromatic nitrogens is 4. The number of nitrogens with zero attached hydrogens (tertiary/aromatic N) is 4. The van der Waals surface area contributed by atoms with E-state index in [1.54, 1.807) is 43.6 Å². The van der Waals surface area contributed by atoms with Gasteiger partial charge in [0, 0.05) is 42.5 Å². The SMILES string of the molecule is Cc1cnc(-n2ccc(Cl)c(C(C)(C)O)c2=O)cc1-n1c(C)cc(OCc2ncccc2Cl)cc1=O. The molecule has 0 amide bonds. The Morgan fingerprint density at radius 3 is 2.47 bits per heavy atom. The number of pyridine rings is 4. The van der Waals surface area contributed by atoms with E-state index in [-0.39, 0.29) is 28.6 Å². The van der Waals surface area contributed by atoms with Crippen LogP contribution in [0.15, 0.2) is 64.6 Å². The number of rotatable bonds is 6. The molecule has 0 aliphatic rings. The summed E-state index contributed by atoms with van der Waals surface area (Å²) in [5, 5.41) is 11.1. The van der Waals surface area contributed by atoms with Gasteiger partial charge in [-0.2, -0.15) is 0 Å². The van der Waals surface area contributed by atoms with Gasteiger partial charge in [-0.05, 0) is 51.5 Å². The number of hydrogen-bond donors (Lipinski definition) is 1. The highest BCUT2D eigenvalue weighted by molar-refractivity contribution is 6.31. The second kappa shape index (κ2) is 9.89. The summed E-state index contributed by atoms with van der Waals surface area (Å²) in [5.41, 5.74) is 0.235. The summed E-state index contributed by atoms with van der Waals surface area (Å²) < 4.78 is 8.57. The lowest BCUT2D eigenvalue weighted by Crippen LogP contribution is -2.32. The fourth-order valence-electron chi connectivity index (χ4n) is 3.86.